The van der Waals surface area contributed by atoms with E-state index in [4.69, 9.17) is 17.5 Å². The van der Waals surface area contributed by atoms with Crippen molar-refractivity contribution in [2.24, 2.45) is 0 Å². The lowest BCUT2D eigenvalue weighted by Crippen LogP contribution is -2.09. The summed E-state index contributed by atoms with van der Waals surface area (Å²) in [6.45, 7) is 2.18. The normalized spacial score (nSPS) is 12.4. The van der Waals surface area contributed by atoms with Crippen LogP contribution in [0.1, 0.15) is 36.2 Å². The zero-order valence-electron chi connectivity index (χ0n) is 11.7. The smallest absolute Gasteiger partial charge is 0.178 e. The molecule has 5 heteroatoms. The number of hydrogen-bond donors (Lipinski definition) is 1. The molecule has 0 saturated carbocycles. The fourth-order valence-electron chi connectivity index (χ4n) is 2.65. The van der Waals surface area contributed by atoms with Gasteiger partial charge >= 0.3 is 0 Å². The van der Waals surface area contributed by atoms with Gasteiger partial charge in [-0.2, -0.15) is 5.26 Å². The molecule has 0 aliphatic rings. The van der Waals surface area contributed by atoms with Gasteiger partial charge in [0.2, 0.25) is 0 Å². The van der Waals surface area contributed by atoms with Crippen molar-refractivity contribution < 1.29 is 0 Å². The predicted octanol–water partition coefficient (Wildman–Crippen LogP) is 5.02. The third-order valence-electron chi connectivity index (χ3n) is 3.59. The Kier molecular flexibility index (Phi) is 3.91. The van der Waals surface area contributed by atoms with E-state index in [-0.39, 0.29) is 6.04 Å². The van der Waals surface area contributed by atoms with Crippen LogP contribution in [0.3, 0.4) is 0 Å². The number of aromatic nitrogens is 2. The maximum atomic E-state index is 9.13. The maximum Gasteiger partial charge on any atom is 0.178 e. The Labute approximate surface area is 132 Å². The summed E-state index contributed by atoms with van der Waals surface area (Å²) in [6.07, 6.45) is 2.10. The molecule has 3 rings (SSSR count). The van der Waals surface area contributed by atoms with Crippen molar-refractivity contribution in [3.05, 3.63) is 50.9 Å². The fraction of sp³-hybridized carbons (Fsp3) is 0.250. The lowest BCUT2D eigenvalue weighted by Gasteiger charge is -2.17. The molecule has 0 radical (unpaired) electrons. The van der Waals surface area contributed by atoms with Crippen molar-refractivity contribution in [3.8, 4) is 6.07 Å². The lowest BCUT2D eigenvalue weighted by atomic mass is 10.1. The summed E-state index contributed by atoms with van der Waals surface area (Å²) in [5.41, 5.74) is 2.65. The van der Waals surface area contributed by atoms with Crippen LogP contribution >= 0.6 is 23.6 Å². The number of hydrogen-bond acceptors (Lipinski definition) is 3. The van der Waals surface area contributed by atoms with Gasteiger partial charge < -0.3 is 9.55 Å². The Bertz CT molecular complexity index is 850. The summed E-state index contributed by atoms with van der Waals surface area (Å²) in [5.74, 6) is 0. The van der Waals surface area contributed by atoms with Gasteiger partial charge in [-0.3, -0.25) is 0 Å². The van der Waals surface area contributed by atoms with E-state index in [1.807, 2.05) is 18.2 Å². The zero-order valence-corrected chi connectivity index (χ0v) is 13.3. The van der Waals surface area contributed by atoms with Gasteiger partial charge in [0.1, 0.15) is 0 Å². The number of thiophene rings is 1. The van der Waals surface area contributed by atoms with Crippen LogP contribution in [-0.2, 0) is 0 Å². The van der Waals surface area contributed by atoms with Crippen molar-refractivity contribution in [1.82, 2.24) is 9.55 Å². The van der Waals surface area contributed by atoms with Gasteiger partial charge in [-0.25, -0.2) is 0 Å². The molecule has 0 aliphatic heterocycles. The first-order valence-corrected chi connectivity index (χ1v) is 8.21. The summed E-state index contributed by atoms with van der Waals surface area (Å²) >= 11 is 7.28. The summed E-state index contributed by atoms with van der Waals surface area (Å²) in [5, 5.41) is 11.2. The third-order valence-corrected chi connectivity index (χ3v) is 4.86. The van der Waals surface area contributed by atoms with Gasteiger partial charge in [0.15, 0.2) is 4.77 Å². The molecule has 0 spiro atoms. The van der Waals surface area contributed by atoms with Crippen LogP contribution in [0.2, 0.25) is 0 Å². The molecule has 2 heterocycles. The molecule has 3 nitrogen and oxygen atoms in total. The van der Waals surface area contributed by atoms with E-state index in [2.05, 4.69) is 40.1 Å². The molecular weight excluding hydrogens is 298 g/mol. The molecule has 3 aromatic rings. The number of rotatable bonds is 4. The Hall–Kier alpha value is -1.90. The van der Waals surface area contributed by atoms with Gasteiger partial charge in [0, 0.05) is 4.88 Å². The molecule has 1 atom stereocenters. The first-order chi connectivity index (χ1) is 10.2. The molecule has 1 N–H and O–H groups in total. The molecule has 21 heavy (non-hydrogen) atoms. The Morgan fingerprint density at radius 2 is 2.29 bits per heavy atom. The SMILES string of the molecule is CCCC(c1cccs1)n1c(=S)[nH]c2ccc(C#N)cc21. The number of nitrogens with one attached hydrogen (secondary N) is 1. The van der Waals surface area contributed by atoms with Crippen LogP contribution in [0.25, 0.3) is 11.0 Å². The van der Waals surface area contributed by atoms with Crippen LogP contribution < -0.4 is 0 Å². The van der Waals surface area contributed by atoms with Crippen molar-refractivity contribution in [2.45, 2.75) is 25.8 Å². The standard InChI is InChI=1S/C16H15N3S2/c1-2-4-13(15-5-3-8-21-15)19-14-9-11(10-17)6-7-12(14)18-16(19)20/h3,5-9,13H,2,4H2,1H3,(H,18,20). The minimum atomic E-state index is 0.227. The van der Waals surface area contributed by atoms with Crippen LogP contribution in [0.5, 0.6) is 0 Å². The lowest BCUT2D eigenvalue weighted by molar-refractivity contribution is 0.548. The number of imidazole rings is 1. The summed E-state index contributed by atoms with van der Waals surface area (Å²) in [6, 6.07) is 12.3. The van der Waals surface area contributed by atoms with Crippen LogP contribution in [-0.4, -0.2) is 9.55 Å². The molecule has 0 aliphatic carbocycles. The minimum Gasteiger partial charge on any atom is -0.331 e. The van der Waals surface area contributed by atoms with Crippen molar-refractivity contribution in [2.75, 3.05) is 0 Å². The van der Waals surface area contributed by atoms with E-state index in [1.165, 1.54) is 4.88 Å². The number of fused-ring (bicyclic) bond motifs is 1. The molecule has 0 amide bonds. The van der Waals surface area contributed by atoms with Gasteiger partial charge in [0.05, 0.1) is 28.7 Å². The summed E-state index contributed by atoms with van der Waals surface area (Å²) in [4.78, 5) is 4.55. The highest BCUT2D eigenvalue weighted by molar-refractivity contribution is 7.71. The molecule has 0 bridgehead atoms. The van der Waals surface area contributed by atoms with E-state index in [1.54, 1.807) is 11.3 Å². The Morgan fingerprint density at radius 3 is 2.95 bits per heavy atom. The second-order valence-electron chi connectivity index (χ2n) is 4.96. The first kappa shape index (κ1) is 14.1. The molecule has 0 fully saturated rings. The Morgan fingerprint density at radius 1 is 1.43 bits per heavy atom. The molecule has 0 saturated heterocycles. The van der Waals surface area contributed by atoms with Crippen LogP contribution in [0, 0.1) is 16.1 Å². The third kappa shape index (κ3) is 2.53. The average Bonchev–Trinajstić information content (AvgIpc) is 3.11. The monoisotopic (exact) mass is 313 g/mol. The highest BCUT2D eigenvalue weighted by atomic mass is 32.1. The number of nitrogens with zero attached hydrogens (tertiary/aromatic N) is 2. The van der Waals surface area contributed by atoms with E-state index < -0.39 is 0 Å². The largest absolute Gasteiger partial charge is 0.331 e. The second-order valence-corrected chi connectivity index (χ2v) is 6.33. The predicted molar refractivity (Wildman–Crippen MR) is 89.2 cm³/mol. The zero-order chi connectivity index (χ0) is 14.8. The molecule has 106 valence electrons. The molecule has 1 aromatic carbocycles. The van der Waals surface area contributed by atoms with Gasteiger partial charge in [-0.05, 0) is 48.3 Å². The van der Waals surface area contributed by atoms with E-state index in [0.717, 1.165) is 23.9 Å². The average molecular weight is 313 g/mol. The maximum absolute atomic E-state index is 9.13. The number of nitriles is 1. The van der Waals surface area contributed by atoms with Gasteiger partial charge in [-0.15, -0.1) is 11.3 Å². The van der Waals surface area contributed by atoms with Crippen molar-refractivity contribution >= 4 is 34.6 Å². The van der Waals surface area contributed by atoms with Gasteiger partial charge in [-0.1, -0.05) is 19.4 Å². The van der Waals surface area contributed by atoms with Crippen LogP contribution in [0.4, 0.5) is 0 Å². The molecular formula is C16H15N3S2. The van der Waals surface area contributed by atoms with Gasteiger partial charge in [0.25, 0.3) is 0 Å². The van der Waals surface area contributed by atoms with Crippen molar-refractivity contribution in [1.29, 1.82) is 5.26 Å². The minimum absolute atomic E-state index is 0.227. The summed E-state index contributed by atoms with van der Waals surface area (Å²) in [7, 11) is 0. The number of H-pyrrole nitrogens is 1. The van der Waals surface area contributed by atoms with E-state index >= 15 is 0 Å². The fourth-order valence-corrected chi connectivity index (χ4v) is 3.84. The first-order valence-electron chi connectivity index (χ1n) is 6.92. The van der Waals surface area contributed by atoms with E-state index in [9.17, 15) is 0 Å². The van der Waals surface area contributed by atoms with E-state index in [0.29, 0.717) is 10.3 Å². The highest BCUT2D eigenvalue weighted by Crippen LogP contribution is 2.31. The number of benzene rings is 1. The Balaban J connectivity index is 2.24. The topological polar surface area (TPSA) is 44.5 Å². The highest BCUT2D eigenvalue weighted by Gasteiger charge is 2.18. The second kappa shape index (κ2) is 5.84. The number of aromatic amines is 1. The molecule has 2 aromatic heterocycles. The van der Waals surface area contributed by atoms with Crippen LogP contribution in [0.15, 0.2) is 35.7 Å². The summed E-state index contributed by atoms with van der Waals surface area (Å²) < 4.78 is 2.87. The molecule has 1 unspecified atom stereocenters. The van der Waals surface area contributed by atoms with Crippen molar-refractivity contribution in [3.63, 3.8) is 0 Å². The quantitative estimate of drug-likeness (QED) is 0.687.